The minimum atomic E-state index is -1.01. The second kappa shape index (κ2) is 9.02. The van der Waals surface area contributed by atoms with Crippen molar-refractivity contribution in [1.82, 2.24) is 10.2 Å². The molecule has 7 heteroatoms. The fourth-order valence-electron chi connectivity index (χ4n) is 4.75. The zero-order chi connectivity index (χ0) is 22.8. The number of nitrogens with one attached hydrogen (secondary N) is 1. The maximum atomic E-state index is 13.0. The Kier molecular flexibility index (Phi) is 6.17. The van der Waals surface area contributed by atoms with Gasteiger partial charge in [0.25, 0.3) is 0 Å². The third-order valence-electron chi connectivity index (χ3n) is 6.37. The number of hydrogen-bond acceptors (Lipinski definition) is 4. The highest BCUT2D eigenvalue weighted by atomic mass is 16.5. The molecule has 168 valence electrons. The maximum absolute atomic E-state index is 13.0. The van der Waals surface area contributed by atoms with Crippen molar-refractivity contribution >= 4 is 18.0 Å². The number of carboxylic acid groups (broad SMARTS) is 1. The van der Waals surface area contributed by atoms with E-state index in [1.165, 1.54) is 4.90 Å². The van der Waals surface area contributed by atoms with E-state index < -0.39 is 24.1 Å². The number of nitrogens with zero attached hydrogens (tertiary/aromatic N) is 1. The van der Waals surface area contributed by atoms with Crippen LogP contribution in [0.15, 0.2) is 48.5 Å². The highest BCUT2D eigenvalue weighted by Gasteiger charge is 2.39. The molecule has 1 saturated heterocycles. The van der Waals surface area contributed by atoms with Crippen molar-refractivity contribution in [1.29, 1.82) is 0 Å². The molecule has 0 saturated carbocycles. The Morgan fingerprint density at radius 3 is 2.22 bits per heavy atom. The summed E-state index contributed by atoms with van der Waals surface area (Å²) < 4.78 is 5.57. The van der Waals surface area contributed by atoms with Crippen LogP contribution in [-0.4, -0.2) is 53.2 Å². The van der Waals surface area contributed by atoms with Gasteiger partial charge in [-0.3, -0.25) is 4.79 Å². The third-order valence-corrected chi connectivity index (χ3v) is 6.37. The van der Waals surface area contributed by atoms with E-state index in [1.54, 1.807) is 0 Å². The molecule has 2 amide bonds. The van der Waals surface area contributed by atoms with E-state index in [4.69, 9.17) is 4.74 Å². The lowest BCUT2D eigenvalue weighted by Crippen LogP contribution is -2.53. The van der Waals surface area contributed by atoms with Gasteiger partial charge < -0.3 is 20.1 Å². The van der Waals surface area contributed by atoms with E-state index in [2.05, 4.69) is 17.4 Å². The number of fused-ring (bicyclic) bond motifs is 3. The van der Waals surface area contributed by atoms with E-state index in [1.807, 2.05) is 50.2 Å². The van der Waals surface area contributed by atoms with Gasteiger partial charge in [-0.1, -0.05) is 62.4 Å². The summed E-state index contributed by atoms with van der Waals surface area (Å²) in [6, 6.07) is 14.5. The standard InChI is InChI=1S/C25H28N2O5/c1-15(2)22(23(28)27-13-7-12-21(27)24(29)30)26-25(31)32-14-20-18-10-5-3-8-16(18)17-9-4-6-11-19(17)20/h3-6,8-11,15,20-22H,7,12-14H2,1-2H3,(H,26,31)(H,29,30)/t21?,22-/m0/s1. The predicted octanol–water partition coefficient (Wildman–Crippen LogP) is 3.63. The van der Waals surface area contributed by atoms with Crippen molar-refractivity contribution in [3.63, 3.8) is 0 Å². The van der Waals surface area contributed by atoms with Gasteiger partial charge in [-0.25, -0.2) is 9.59 Å². The lowest BCUT2D eigenvalue weighted by molar-refractivity contribution is -0.149. The third kappa shape index (κ3) is 4.07. The number of carbonyl (C=O) groups excluding carboxylic acids is 2. The first-order chi connectivity index (χ1) is 15.4. The average Bonchev–Trinajstić information content (AvgIpc) is 3.39. The van der Waals surface area contributed by atoms with Crippen molar-refractivity contribution in [3.05, 3.63) is 59.7 Å². The van der Waals surface area contributed by atoms with E-state index in [9.17, 15) is 19.5 Å². The van der Waals surface area contributed by atoms with Crippen LogP contribution in [0.4, 0.5) is 4.79 Å². The Balaban J connectivity index is 1.44. The summed E-state index contributed by atoms with van der Waals surface area (Å²) in [5.41, 5.74) is 4.50. The molecule has 7 nitrogen and oxygen atoms in total. The number of amides is 2. The van der Waals surface area contributed by atoms with Gasteiger partial charge in [0.2, 0.25) is 5.91 Å². The average molecular weight is 437 g/mol. The Morgan fingerprint density at radius 2 is 1.66 bits per heavy atom. The molecule has 4 rings (SSSR count). The molecule has 2 aromatic rings. The molecule has 0 bridgehead atoms. The summed E-state index contributed by atoms with van der Waals surface area (Å²) in [5, 5.41) is 12.1. The molecule has 0 radical (unpaired) electrons. The topological polar surface area (TPSA) is 95.9 Å². The quantitative estimate of drug-likeness (QED) is 0.721. The minimum absolute atomic E-state index is 0.0728. The van der Waals surface area contributed by atoms with Crippen LogP contribution in [0, 0.1) is 5.92 Å². The highest BCUT2D eigenvalue weighted by molar-refractivity contribution is 5.90. The fourth-order valence-corrected chi connectivity index (χ4v) is 4.75. The van der Waals surface area contributed by atoms with Gasteiger partial charge in [-0.05, 0) is 41.0 Å². The smallest absolute Gasteiger partial charge is 0.407 e. The molecule has 2 aromatic carbocycles. The number of carbonyl (C=O) groups is 3. The number of likely N-dealkylation sites (tertiary alicyclic amines) is 1. The van der Waals surface area contributed by atoms with Crippen LogP contribution in [0.5, 0.6) is 0 Å². The van der Waals surface area contributed by atoms with Gasteiger partial charge >= 0.3 is 12.1 Å². The first kappa shape index (κ1) is 21.9. The van der Waals surface area contributed by atoms with Crippen LogP contribution in [0.1, 0.15) is 43.7 Å². The lowest BCUT2D eigenvalue weighted by Gasteiger charge is -2.29. The fraction of sp³-hybridized carbons (Fsp3) is 0.400. The first-order valence-electron chi connectivity index (χ1n) is 11.0. The van der Waals surface area contributed by atoms with E-state index in [0.717, 1.165) is 22.3 Å². The number of alkyl carbamates (subject to hydrolysis) is 1. The van der Waals surface area contributed by atoms with Gasteiger partial charge in [0.15, 0.2) is 0 Å². The SMILES string of the molecule is CC(C)[C@H](NC(=O)OCC1c2ccccc2-c2ccccc21)C(=O)N1CCCC1C(=O)O. The molecule has 0 spiro atoms. The number of carboxylic acids is 1. The maximum Gasteiger partial charge on any atom is 0.407 e. The molecule has 1 aliphatic heterocycles. The van der Waals surface area contributed by atoms with Crippen molar-refractivity contribution in [2.24, 2.45) is 5.92 Å². The molecule has 1 unspecified atom stereocenters. The van der Waals surface area contributed by atoms with Crippen LogP contribution in [-0.2, 0) is 14.3 Å². The van der Waals surface area contributed by atoms with E-state index >= 15 is 0 Å². The Hall–Kier alpha value is -3.35. The van der Waals surface area contributed by atoms with Crippen LogP contribution < -0.4 is 5.32 Å². The number of ether oxygens (including phenoxy) is 1. The second-order valence-electron chi connectivity index (χ2n) is 8.72. The zero-order valence-electron chi connectivity index (χ0n) is 18.3. The monoisotopic (exact) mass is 436 g/mol. The van der Waals surface area contributed by atoms with Gasteiger partial charge in [0, 0.05) is 12.5 Å². The van der Waals surface area contributed by atoms with E-state index in [-0.39, 0.29) is 24.3 Å². The molecular formula is C25H28N2O5. The van der Waals surface area contributed by atoms with Crippen molar-refractivity contribution in [2.75, 3.05) is 13.2 Å². The molecule has 0 aromatic heterocycles. The van der Waals surface area contributed by atoms with E-state index in [0.29, 0.717) is 19.4 Å². The largest absolute Gasteiger partial charge is 0.480 e. The summed E-state index contributed by atoms with van der Waals surface area (Å²) in [5.74, 6) is -1.67. The summed E-state index contributed by atoms with van der Waals surface area (Å²) in [6.45, 7) is 4.17. The lowest BCUT2D eigenvalue weighted by atomic mass is 9.98. The Morgan fingerprint density at radius 1 is 1.06 bits per heavy atom. The molecular weight excluding hydrogens is 408 g/mol. The van der Waals surface area contributed by atoms with Gasteiger partial charge in [-0.15, -0.1) is 0 Å². The van der Waals surface area contributed by atoms with Crippen molar-refractivity contribution in [3.8, 4) is 11.1 Å². The summed E-state index contributed by atoms with van der Waals surface area (Å²) in [6.07, 6.45) is 0.389. The molecule has 1 aliphatic carbocycles. The number of aliphatic carboxylic acids is 1. The zero-order valence-corrected chi connectivity index (χ0v) is 18.3. The second-order valence-corrected chi connectivity index (χ2v) is 8.72. The molecule has 2 aliphatic rings. The molecule has 2 N–H and O–H groups in total. The van der Waals surface area contributed by atoms with Gasteiger partial charge in [0.1, 0.15) is 18.7 Å². The normalized spacial score (nSPS) is 18.2. The number of hydrogen-bond donors (Lipinski definition) is 2. The van der Waals surface area contributed by atoms with Crippen LogP contribution in [0.3, 0.4) is 0 Å². The molecule has 1 heterocycles. The summed E-state index contributed by atoms with van der Waals surface area (Å²) in [4.78, 5) is 38.5. The summed E-state index contributed by atoms with van der Waals surface area (Å²) >= 11 is 0. The van der Waals surface area contributed by atoms with Gasteiger partial charge in [-0.2, -0.15) is 0 Å². The van der Waals surface area contributed by atoms with Crippen molar-refractivity contribution < 1.29 is 24.2 Å². The van der Waals surface area contributed by atoms with Gasteiger partial charge in [0.05, 0.1) is 0 Å². The van der Waals surface area contributed by atoms with Crippen LogP contribution in [0.2, 0.25) is 0 Å². The molecule has 1 fully saturated rings. The van der Waals surface area contributed by atoms with Crippen LogP contribution in [0.25, 0.3) is 11.1 Å². The number of rotatable bonds is 6. The highest BCUT2D eigenvalue weighted by Crippen LogP contribution is 2.44. The van der Waals surface area contributed by atoms with Crippen LogP contribution >= 0.6 is 0 Å². The van der Waals surface area contributed by atoms with Crippen molar-refractivity contribution in [2.45, 2.75) is 44.7 Å². The number of benzene rings is 2. The Bertz CT molecular complexity index is 989. The minimum Gasteiger partial charge on any atom is -0.480 e. The Labute approximate surface area is 187 Å². The molecule has 32 heavy (non-hydrogen) atoms. The first-order valence-corrected chi connectivity index (χ1v) is 11.0. The summed E-state index contributed by atoms with van der Waals surface area (Å²) in [7, 11) is 0. The predicted molar refractivity (Wildman–Crippen MR) is 119 cm³/mol. The molecule has 2 atom stereocenters.